The standard InChI is InChI=1S/C30H50O6/c1-17(2)18(3)7-8-19(4)21-9-10-22-24-25(23(32)16-28(21,22)5)29(6)12-11-20(36-14-13-31)15-30(29,35)27(34)26(24)33/h7-8,17-23,26-27,31-35H,9-16H2,1-6H3/b8-7+/t18-,19+,20-,21+,22-,23+,26-,27-,28+,29+,30-/m0/s1. The van der Waals surface area contributed by atoms with Gasteiger partial charge in [-0.25, -0.2) is 0 Å². The molecule has 2 fully saturated rings. The zero-order valence-corrected chi connectivity index (χ0v) is 23.2. The van der Waals surface area contributed by atoms with Crippen molar-refractivity contribution in [3.63, 3.8) is 0 Å². The van der Waals surface area contributed by atoms with Gasteiger partial charge in [-0.2, -0.15) is 0 Å². The van der Waals surface area contributed by atoms with Crippen LogP contribution in [0.25, 0.3) is 0 Å². The first-order chi connectivity index (χ1) is 16.8. The zero-order chi connectivity index (χ0) is 26.6. The van der Waals surface area contributed by atoms with E-state index >= 15 is 0 Å². The molecule has 0 aromatic rings. The molecule has 0 unspecified atom stereocenters. The Balaban J connectivity index is 1.68. The highest BCUT2D eigenvalue weighted by atomic mass is 16.5. The number of ether oxygens (including phenoxy) is 1. The summed E-state index contributed by atoms with van der Waals surface area (Å²) in [6.45, 7) is 13.3. The fourth-order valence-electron chi connectivity index (χ4n) is 8.54. The Hall–Kier alpha value is -0.760. The van der Waals surface area contributed by atoms with Gasteiger partial charge in [0.15, 0.2) is 0 Å². The molecule has 6 heteroatoms. The lowest BCUT2D eigenvalue weighted by Gasteiger charge is -2.62. The van der Waals surface area contributed by atoms with Gasteiger partial charge in [-0.1, -0.05) is 53.7 Å². The number of aliphatic hydroxyl groups is 5. The van der Waals surface area contributed by atoms with Crippen molar-refractivity contribution in [2.24, 2.45) is 40.4 Å². The van der Waals surface area contributed by atoms with Crippen molar-refractivity contribution >= 4 is 0 Å². The summed E-state index contributed by atoms with van der Waals surface area (Å²) in [7, 11) is 0. The Bertz CT molecular complexity index is 868. The van der Waals surface area contributed by atoms with Crippen LogP contribution < -0.4 is 0 Å². The number of allylic oxidation sites excluding steroid dienone is 2. The van der Waals surface area contributed by atoms with Crippen molar-refractivity contribution in [2.75, 3.05) is 13.2 Å². The molecule has 5 N–H and O–H groups in total. The van der Waals surface area contributed by atoms with Gasteiger partial charge in [0.2, 0.25) is 0 Å². The van der Waals surface area contributed by atoms with E-state index in [4.69, 9.17) is 9.84 Å². The summed E-state index contributed by atoms with van der Waals surface area (Å²) in [6.07, 6.45) is 5.00. The maximum Gasteiger partial charge on any atom is 0.113 e. The lowest BCUT2D eigenvalue weighted by atomic mass is 9.47. The van der Waals surface area contributed by atoms with E-state index in [9.17, 15) is 20.4 Å². The minimum Gasteiger partial charge on any atom is -0.394 e. The maximum absolute atomic E-state index is 11.9. The first-order valence-electron chi connectivity index (χ1n) is 14.2. The lowest BCUT2D eigenvalue weighted by Crippen LogP contribution is -2.69. The van der Waals surface area contributed by atoms with Crippen LogP contribution in [0.5, 0.6) is 0 Å². The lowest BCUT2D eigenvalue weighted by molar-refractivity contribution is -0.225. The predicted molar refractivity (Wildman–Crippen MR) is 140 cm³/mol. The van der Waals surface area contributed by atoms with Gasteiger partial charge >= 0.3 is 0 Å². The fraction of sp³-hybridized carbons (Fsp3) is 0.867. The van der Waals surface area contributed by atoms with Crippen LogP contribution in [0.3, 0.4) is 0 Å². The molecule has 0 heterocycles. The van der Waals surface area contributed by atoms with E-state index in [1.807, 2.05) is 6.92 Å². The molecule has 0 radical (unpaired) electrons. The van der Waals surface area contributed by atoms with Crippen LogP contribution in [0.2, 0.25) is 0 Å². The Kier molecular flexibility index (Phi) is 7.92. The smallest absolute Gasteiger partial charge is 0.113 e. The molecule has 0 aliphatic heterocycles. The second kappa shape index (κ2) is 10.1. The third-order valence-corrected chi connectivity index (χ3v) is 11.1. The number of fused-ring (bicyclic) bond motifs is 4. The molecule has 4 aliphatic carbocycles. The maximum atomic E-state index is 11.9. The van der Waals surface area contributed by atoms with Crippen molar-refractivity contribution in [3.8, 4) is 0 Å². The van der Waals surface area contributed by atoms with Crippen LogP contribution in [0.4, 0.5) is 0 Å². The molecule has 4 rings (SSSR count). The highest BCUT2D eigenvalue weighted by molar-refractivity contribution is 5.44. The molecule has 0 spiro atoms. The third-order valence-electron chi connectivity index (χ3n) is 11.1. The van der Waals surface area contributed by atoms with E-state index in [-0.39, 0.29) is 37.1 Å². The number of aliphatic hydroxyl groups excluding tert-OH is 4. The van der Waals surface area contributed by atoms with Crippen LogP contribution >= 0.6 is 0 Å². The van der Waals surface area contributed by atoms with Crippen molar-refractivity contribution in [3.05, 3.63) is 23.3 Å². The normalized spacial score (nSPS) is 46.6. The number of rotatable bonds is 7. The Morgan fingerprint density at radius 3 is 2.33 bits per heavy atom. The van der Waals surface area contributed by atoms with Crippen molar-refractivity contribution in [2.45, 2.75) is 110 Å². The van der Waals surface area contributed by atoms with Gasteiger partial charge < -0.3 is 30.3 Å². The van der Waals surface area contributed by atoms with Crippen LogP contribution in [-0.4, -0.2) is 68.8 Å². The molecule has 206 valence electrons. The summed E-state index contributed by atoms with van der Waals surface area (Å²) in [5, 5.41) is 55.7. The van der Waals surface area contributed by atoms with Gasteiger partial charge in [0.25, 0.3) is 0 Å². The first-order valence-corrected chi connectivity index (χ1v) is 14.2. The van der Waals surface area contributed by atoms with Gasteiger partial charge in [-0.05, 0) is 78.3 Å². The van der Waals surface area contributed by atoms with Gasteiger partial charge in [-0.3, -0.25) is 0 Å². The third kappa shape index (κ3) is 4.24. The molecular formula is C30H50O6. The molecule has 11 atom stereocenters. The van der Waals surface area contributed by atoms with E-state index in [1.165, 1.54) is 0 Å². The molecule has 4 aliphatic rings. The van der Waals surface area contributed by atoms with Crippen LogP contribution in [0.1, 0.15) is 80.1 Å². The van der Waals surface area contributed by atoms with Crippen molar-refractivity contribution in [1.29, 1.82) is 0 Å². The van der Waals surface area contributed by atoms with Gasteiger partial charge in [0.05, 0.1) is 25.4 Å². The Morgan fingerprint density at radius 1 is 1.00 bits per heavy atom. The SMILES string of the molecule is CC(C)[C@@H](C)/C=C/[C@@H](C)[C@H]1CC[C@H]2C3=C([C@H](O)C[C@]12C)[C@@]1(C)CC[C@H](OCCO)C[C@]1(O)[C@@H](O)[C@H]3O. The highest BCUT2D eigenvalue weighted by Gasteiger charge is 2.67. The van der Waals surface area contributed by atoms with Crippen molar-refractivity contribution in [1.82, 2.24) is 0 Å². The van der Waals surface area contributed by atoms with Crippen LogP contribution in [-0.2, 0) is 4.74 Å². The Morgan fingerprint density at radius 2 is 1.69 bits per heavy atom. The topological polar surface area (TPSA) is 110 Å². The minimum atomic E-state index is -1.60. The molecule has 0 aromatic heterocycles. The van der Waals surface area contributed by atoms with Gasteiger partial charge in [-0.15, -0.1) is 0 Å². The average Bonchev–Trinajstić information content (AvgIpc) is 3.16. The molecule has 36 heavy (non-hydrogen) atoms. The zero-order valence-electron chi connectivity index (χ0n) is 23.2. The van der Waals surface area contributed by atoms with Crippen molar-refractivity contribution < 1.29 is 30.3 Å². The summed E-state index contributed by atoms with van der Waals surface area (Å²) in [5.41, 5.74) is -1.06. The minimum absolute atomic E-state index is 0.0775. The van der Waals surface area contributed by atoms with E-state index in [0.717, 1.165) is 24.0 Å². The summed E-state index contributed by atoms with van der Waals surface area (Å²) in [4.78, 5) is 0. The molecule has 0 bridgehead atoms. The van der Waals surface area contributed by atoms with Crippen LogP contribution in [0, 0.1) is 40.4 Å². The molecular weight excluding hydrogens is 456 g/mol. The molecule has 0 aromatic carbocycles. The van der Waals surface area contributed by atoms with Gasteiger partial charge in [0.1, 0.15) is 17.8 Å². The quantitative estimate of drug-likeness (QED) is 0.338. The summed E-state index contributed by atoms with van der Waals surface area (Å²) >= 11 is 0. The van der Waals surface area contributed by atoms with E-state index in [0.29, 0.717) is 42.9 Å². The Labute approximate surface area is 217 Å². The fourth-order valence-corrected chi connectivity index (χ4v) is 8.54. The van der Waals surface area contributed by atoms with E-state index < -0.39 is 29.3 Å². The summed E-state index contributed by atoms with van der Waals surface area (Å²) in [6, 6.07) is 0. The molecule has 0 saturated heterocycles. The largest absolute Gasteiger partial charge is 0.394 e. The monoisotopic (exact) mass is 506 g/mol. The van der Waals surface area contributed by atoms with Crippen LogP contribution in [0.15, 0.2) is 23.3 Å². The number of hydrogen-bond donors (Lipinski definition) is 5. The first kappa shape index (κ1) is 28.3. The molecule has 0 amide bonds. The van der Waals surface area contributed by atoms with E-state index in [2.05, 4.69) is 46.8 Å². The highest BCUT2D eigenvalue weighted by Crippen LogP contribution is 2.66. The molecule has 6 nitrogen and oxygen atoms in total. The number of hydrogen-bond acceptors (Lipinski definition) is 6. The van der Waals surface area contributed by atoms with Gasteiger partial charge in [0, 0.05) is 11.8 Å². The summed E-state index contributed by atoms with van der Waals surface area (Å²) < 4.78 is 5.73. The predicted octanol–water partition coefficient (Wildman–Crippen LogP) is 3.60. The van der Waals surface area contributed by atoms with E-state index in [1.54, 1.807) is 0 Å². The molecule has 2 saturated carbocycles. The second-order valence-electron chi connectivity index (χ2n) is 13.3. The summed E-state index contributed by atoms with van der Waals surface area (Å²) in [5.74, 6) is 1.91. The average molecular weight is 507 g/mol. The second-order valence-corrected chi connectivity index (χ2v) is 13.3.